The van der Waals surface area contributed by atoms with Crippen LogP contribution in [-0.4, -0.2) is 62.0 Å². The maximum atomic E-state index is 9.26. The topological polar surface area (TPSA) is 49.5 Å². The fraction of sp³-hybridized carbons (Fsp3) is 0.632. The number of aliphatic hydroxyl groups is 1. The van der Waals surface area contributed by atoms with E-state index in [4.69, 9.17) is 5.10 Å². The van der Waals surface area contributed by atoms with Crippen LogP contribution < -0.4 is 0 Å². The molecule has 4 heterocycles. The van der Waals surface area contributed by atoms with Crippen molar-refractivity contribution < 1.29 is 5.11 Å². The van der Waals surface area contributed by atoms with Gasteiger partial charge in [-0.1, -0.05) is 0 Å². The van der Waals surface area contributed by atoms with Crippen molar-refractivity contribution in [3.63, 3.8) is 0 Å². The molecule has 0 bridgehead atoms. The Hall–Kier alpha value is -1.63. The van der Waals surface area contributed by atoms with Crippen LogP contribution >= 0.6 is 0 Å². The second-order valence-corrected chi connectivity index (χ2v) is 7.54. The van der Waals surface area contributed by atoms with Gasteiger partial charge in [0.05, 0.1) is 12.2 Å². The van der Waals surface area contributed by atoms with Crippen LogP contribution in [-0.2, 0) is 26.2 Å². The second-order valence-electron chi connectivity index (χ2n) is 7.54. The average molecular weight is 343 g/mol. The van der Waals surface area contributed by atoms with Crippen LogP contribution in [0.2, 0.25) is 0 Å². The summed E-state index contributed by atoms with van der Waals surface area (Å²) in [5.41, 5.74) is 3.90. The second kappa shape index (κ2) is 7.32. The molecule has 0 radical (unpaired) electrons. The Kier molecular flexibility index (Phi) is 4.92. The minimum Gasteiger partial charge on any atom is -0.396 e. The summed E-state index contributed by atoms with van der Waals surface area (Å²) in [6, 6.07) is 4.36. The predicted molar refractivity (Wildman–Crippen MR) is 97.1 cm³/mol. The van der Waals surface area contributed by atoms with Crippen LogP contribution in [0.4, 0.5) is 0 Å². The first kappa shape index (κ1) is 16.8. The van der Waals surface area contributed by atoms with Crippen LogP contribution in [0, 0.1) is 12.8 Å². The van der Waals surface area contributed by atoms with E-state index in [1.54, 1.807) is 0 Å². The molecule has 4 rings (SSSR count). The third-order valence-corrected chi connectivity index (χ3v) is 5.68. The van der Waals surface area contributed by atoms with Gasteiger partial charge in [0.25, 0.3) is 0 Å². The lowest BCUT2D eigenvalue weighted by Crippen LogP contribution is -2.32. The molecule has 1 N–H and O–H groups in total. The normalized spacial score (nSPS) is 21.8. The van der Waals surface area contributed by atoms with Crippen molar-refractivity contribution in [2.75, 3.05) is 32.8 Å². The first-order valence-electron chi connectivity index (χ1n) is 9.44. The molecular formula is C19H29N5O. The Morgan fingerprint density at radius 2 is 2.12 bits per heavy atom. The van der Waals surface area contributed by atoms with Gasteiger partial charge in [-0.2, -0.15) is 5.10 Å². The highest BCUT2D eigenvalue weighted by atomic mass is 16.3. The van der Waals surface area contributed by atoms with Gasteiger partial charge in [0.15, 0.2) is 0 Å². The summed E-state index contributed by atoms with van der Waals surface area (Å²) in [4.78, 5) is 4.95. The summed E-state index contributed by atoms with van der Waals surface area (Å²) >= 11 is 0. The lowest BCUT2D eigenvalue weighted by molar-refractivity contribution is 0.212. The van der Waals surface area contributed by atoms with Gasteiger partial charge in [0, 0.05) is 69.5 Å². The molecule has 1 fully saturated rings. The summed E-state index contributed by atoms with van der Waals surface area (Å²) in [5.74, 6) is 0.466. The van der Waals surface area contributed by atoms with Gasteiger partial charge in [-0.25, -0.2) is 0 Å². The third-order valence-electron chi connectivity index (χ3n) is 5.68. The highest BCUT2D eigenvalue weighted by molar-refractivity contribution is 5.16. The van der Waals surface area contributed by atoms with Crippen molar-refractivity contribution in [3.05, 3.63) is 41.5 Å². The molecule has 0 unspecified atom stereocenters. The zero-order chi connectivity index (χ0) is 17.2. The lowest BCUT2D eigenvalue weighted by atomic mass is 10.1. The highest BCUT2D eigenvalue weighted by Crippen LogP contribution is 2.18. The van der Waals surface area contributed by atoms with Gasteiger partial charge in [0.2, 0.25) is 0 Å². The van der Waals surface area contributed by atoms with Crippen molar-refractivity contribution in [3.8, 4) is 0 Å². The van der Waals surface area contributed by atoms with Crippen molar-refractivity contribution in [2.45, 2.75) is 39.5 Å². The molecule has 6 nitrogen and oxygen atoms in total. The number of hydrogen-bond donors (Lipinski definition) is 1. The van der Waals surface area contributed by atoms with Gasteiger partial charge in [-0.3, -0.25) is 9.58 Å². The summed E-state index contributed by atoms with van der Waals surface area (Å²) in [6.45, 7) is 10.7. The summed E-state index contributed by atoms with van der Waals surface area (Å²) < 4.78 is 4.45. The summed E-state index contributed by atoms with van der Waals surface area (Å²) in [7, 11) is 0. The predicted octanol–water partition coefficient (Wildman–Crippen LogP) is 1.32. The number of likely N-dealkylation sites (tertiary alicyclic amines) is 1. The minimum absolute atomic E-state index is 0.320. The third kappa shape index (κ3) is 3.81. The molecular weight excluding hydrogens is 314 g/mol. The van der Waals surface area contributed by atoms with Crippen molar-refractivity contribution >= 4 is 0 Å². The van der Waals surface area contributed by atoms with Crippen LogP contribution in [0.15, 0.2) is 24.5 Å². The number of fused-ring (bicyclic) bond motifs is 1. The SMILES string of the molecule is Cc1nn(CCN2CC[C@@H](CO)C2)cc1CN1CCn2cccc2C1. The first-order chi connectivity index (χ1) is 12.2. The molecule has 2 aromatic heterocycles. The maximum absolute atomic E-state index is 9.26. The molecule has 1 atom stereocenters. The molecule has 2 aromatic rings. The zero-order valence-corrected chi connectivity index (χ0v) is 15.1. The first-order valence-corrected chi connectivity index (χ1v) is 9.44. The lowest BCUT2D eigenvalue weighted by Gasteiger charge is -2.28. The van der Waals surface area contributed by atoms with Crippen LogP contribution in [0.5, 0.6) is 0 Å². The quantitative estimate of drug-likeness (QED) is 0.860. The molecule has 0 amide bonds. The Balaban J connectivity index is 1.31. The number of hydrogen-bond acceptors (Lipinski definition) is 4. The molecule has 136 valence electrons. The fourth-order valence-corrected chi connectivity index (χ4v) is 4.08. The minimum atomic E-state index is 0.320. The van der Waals surface area contributed by atoms with Gasteiger partial charge in [0.1, 0.15) is 0 Å². The zero-order valence-electron chi connectivity index (χ0n) is 15.1. The average Bonchev–Trinajstić information content (AvgIpc) is 3.33. The molecule has 2 aliphatic heterocycles. The standard InChI is InChI=1S/C19H29N5O/c1-16-18(12-22-7-9-23-5-2-3-19(23)14-22)13-24(20-16)10-8-21-6-4-17(11-21)15-25/h2-3,5,13,17,25H,4,6-12,14-15H2,1H3/t17-/m1/s1. The van der Waals surface area contributed by atoms with E-state index in [0.29, 0.717) is 12.5 Å². The number of rotatable bonds is 6. The van der Waals surface area contributed by atoms with E-state index in [2.05, 4.69) is 50.5 Å². The highest BCUT2D eigenvalue weighted by Gasteiger charge is 2.21. The van der Waals surface area contributed by atoms with E-state index in [1.807, 2.05) is 0 Å². The van der Waals surface area contributed by atoms with Crippen LogP contribution in [0.1, 0.15) is 23.4 Å². The largest absolute Gasteiger partial charge is 0.396 e. The smallest absolute Gasteiger partial charge is 0.0638 e. The van der Waals surface area contributed by atoms with E-state index in [1.165, 1.54) is 11.3 Å². The van der Waals surface area contributed by atoms with Crippen molar-refractivity contribution in [2.24, 2.45) is 5.92 Å². The molecule has 0 spiro atoms. The molecule has 1 saturated heterocycles. The number of aryl methyl sites for hydroxylation is 1. The Bertz CT molecular complexity index is 706. The van der Waals surface area contributed by atoms with E-state index < -0.39 is 0 Å². The maximum Gasteiger partial charge on any atom is 0.0638 e. The van der Waals surface area contributed by atoms with E-state index >= 15 is 0 Å². The Morgan fingerprint density at radius 1 is 1.20 bits per heavy atom. The van der Waals surface area contributed by atoms with Gasteiger partial charge in [-0.15, -0.1) is 0 Å². The van der Waals surface area contributed by atoms with Gasteiger partial charge < -0.3 is 14.6 Å². The van der Waals surface area contributed by atoms with Crippen LogP contribution in [0.25, 0.3) is 0 Å². The number of aliphatic hydroxyl groups excluding tert-OH is 1. The summed E-state index contributed by atoms with van der Waals surface area (Å²) in [6.07, 6.45) is 5.52. The monoisotopic (exact) mass is 343 g/mol. The molecule has 0 aromatic carbocycles. The van der Waals surface area contributed by atoms with E-state index in [-0.39, 0.29) is 0 Å². The van der Waals surface area contributed by atoms with Crippen LogP contribution in [0.3, 0.4) is 0 Å². The molecule has 25 heavy (non-hydrogen) atoms. The number of nitrogens with zero attached hydrogens (tertiary/aromatic N) is 5. The number of aromatic nitrogens is 3. The molecule has 0 aliphatic carbocycles. The Labute approximate surface area is 149 Å². The van der Waals surface area contributed by atoms with E-state index in [9.17, 15) is 5.11 Å². The van der Waals surface area contributed by atoms with Gasteiger partial charge in [-0.05, 0) is 37.9 Å². The molecule has 0 saturated carbocycles. The Morgan fingerprint density at radius 3 is 2.96 bits per heavy atom. The van der Waals surface area contributed by atoms with Crippen molar-refractivity contribution in [1.29, 1.82) is 0 Å². The fourth-order valence-electron chi connectivity index (χ4n) is 4.08. The van der Waals surface area contributed by atoms with E-state index in [0.717, 1.165) is 64.5 Å². The molecule has 2 aliphatic rings. The summed E-state index contributed by atoms with van der Waals surface area (Å²) in [5, 5.41) is 14.0. The van der Waals surface area contributed by atoms with Gasteiger partial charge >= 0.3 is 0 Å². The van der Waals surface area contributed by atoms with Crippen molar-refractivity contribution in [1.82, 2.24) is 24.1 Å². The molecule has 6 heteroatoms.